The Morgan fingerprint density at radius 1 is 1.62 bits per heavy atom. The van der Waals surface area contributed by atoms with Crippen molar-refractivity contribution in [3.8, 4) is 0 Å². The van der Waals surface area contributed by atoms with Gasteiger partial charge in [-0.15, -0.1) is 0 Å². The molecule has 0 spiro atoms. The molecule has 0 bridgehead atoms. The predicted octanol–water partition coefficient (Wildman–Crippen LogP) is -0.597. The Morgan fingerprint density at radius 3 is 2.38 bits per heavy atom. The van der Waals surface area contributed by atoms with E-state index in [1.807, 2.05) is 0 Å². The van der Waals surface area contributed by atoms with Crippen LogP contribution in [0.25, 0.3) is 0 Å². The lowest BCUT2D eigenvalue weighted by atomic mass is 10.6. The van der Waals surface area contributed by atoms with E-state index in [1.54, 1.807) is 13.8 Å². The number of likely N-dealkylation sites (N-methyl/N-ethyl adjacent to an activating group) is 1. The molecule has 0 aliphatic rings. The van der Waals surface area contributed by atoms with Gasteiger partial charge in [-0.2, -0.15) is 4.31 Å². The summed E-state index contributed by atoms with van der Waals surface area (Å²) in [4.78, 5) is 0. The summed E-state index contributed by atoms with van der Waals surface area (Å²) in [5, 5.41) is 10.4. The zero-order valence-corrected chi connectivity index (χ0v) is 8.74. The highest BCUT2D eigenvalue weighted by molar-refractivity contribution is 7.89. The first kappa shape index (κ1) is 12.2. The van der Waals surface area contributed by atoms with Gasteiger partial charge in [0, 0.05) is 7.05 Å². The highest BCUT2D eigenvalue weighted by atomic mass is 32.2. The Hall–Kier alpha value is -0.820. The lowest BCUT2D eigenvalue weighted by molar-refractivity contribution is 0.315. The second kappa shape index (κ2) is 4.43. The van der Waals surface area contributed by atoms with Crippen LogP contribution in [0.5, 0.6) is 0 Å². The molecule has 0 fully saturated rings. The molecule has 6 nitrogen and oxygen atoms in total. The van der Waals surface area contributed by atoms with E-state index in [0.29, 0.717) is 0 Å². The minimum atomic E-state index is -3.32. The largest absolute Gasteiger partial charge is 0.409 e. The number of rotatable bonds is 4. The second-order valence-electron chi connectivity index (χ2n) is 2.94. The Morgan fingerprint density at radius 2 is 2.08 bits per heavy atom. The number of nitrogens with zero attached hydrogens (tertiary/aromatic N) is 2. The maximum Gasteiger partial charge on any atom is 0.216 e. The lowest BCUT2D eigenvalue weighted by Crippen LogP contribution is -2.39. The summed E-state index contributed by atoms with van der Waals surface area (Å²) < 4.78 is 23.9. The summed E-state index contributed by atoms with van der Waals surface area (Å²) in [6.45, 7) is 3.03. The number of hydrogen-bond acceptors (Lipinski definition) is 4. The molecule has 0 unspecified atom stereocenters. The maximum absolute atomic E-state index is 11.4. The lowest BCUT2D eigenvalue weighted by Gasteiger charge is -2.18. The van der Waals surface area contributed by atoms with E-state index in [-0.39, 0.29) is 12.4 Å². The zero-order chi connectivity index (χ0) is 10.6. The van der Waals surface area contributed by atoms with Crippen molar-refractivity contribution in [2.75, 3.05) is 13.6 Å². The number of hydrogen-bond donors (Lipinski definition) is 2. The molecule has 0 rings (SSSR count). The maximum atomic E-state index is 11.4. The van der Waals surface area contributed by atoms with Crippen molar-refractivity contribution in [1.29, 1.82) is 0 Å². The second-order valence-corrected chi connectivity index (χ2v) is 5.54. The van der Waals surface area contributed by atoms with Crippen LogP contribution in [0.3, 0.4) is 0 Å². The predicted molar refractivity (Wildman–Crippen MR) is 50.1 cm³/mol. The van der Waals surface area contributed by atoms with Crippen LogP contribution in [0, 0.1) is 0 Å². The molecule has 0 aliphatic heterocycles. The molecule has 78 valence electrons. The third kappa shape index (κ3) is 3.19. The summed E-state index contributed by atoms with van der Waals surface area (Å²) in [6.07, 6.45) is 0. The van der Waals surface area contributed by atoms with E-state index in [1.165, 1.54) is 7.05 Å². The molecule has 0 aliphatic carbocycles. The normalized spacial score (nSPS) is 14.1. The molecule has 0 aromatic rings. The molecular weight excluding hydrogens is 194 g/mol. The van der Waals surface area contributed by atoms with Crippen molar-refractivity contribution in [2.24, 2.45) is 10.9 Å². The molecule has 13 heavy (non-hydrogen) atoms. The van der Waals surface area contributed by atoms with Crippen molar-refractivity contribution >= 4 is 15.9 Å². The fourth-order valence-corrected chi connectivity index (χ4v) is 1.74. The SMILES string of the molecule is CC(C)S(=O)(=O)N(C)CC(N)=NO. The number of sulfonamides is 1. The van der Waals surface area contributed by atoms with Gasteiger partial charge in [0.05, 0.1) is 11.8 Å². The summed E-state index contributed by atoms with van der Waals surface area (Å²) in [7, 11) is -1.94. The molecule has 0 atom stereocenters. The van der Waals surface area contributed by atoms with Gasteiger partial charge in [-0.25, -0.2) is 8.42 Å². The summed E-state index contributed by atoms with van der Waals surface area (Å²) in [5.74, 6) is -0.133. The van der Waals surface area contributed by atoms with Crippen molar-refractivity contribution in [3.63, 3.8) is 0 Å². The van der Waals surface area contributed by atoms with E-state index >= 15 is 0 Å². The standard InChI is InChI=1S/C6H15N3O3S/c1-5(2)13(11,12)9(3)4-6(7)8-10/h5,10H,4H2,1-3H3,(H2,7,8). The Kier molecular flexibility index (Phi) is 4.15. The smallest absolute Gasteiger partial charge is 0.216 e. The first-order chi connectivity index (χ1) is 5.82. The van der Waals surface area contributed by atoms with Crippen LogP contribution in [0.15, 0.2) is 5.16 Å². The highest BCUT2D eigenvalue weighted by Crippen LogP contribution is 2.04. The monoisotopic (exact) mass is 209 g/mol. The molecule has 0 amide bonds. The molecule has 0 heterocycles. The van der Waals surface area contributed by atoms with Crippen LogP contribution in [-0.4, -0.2) is 42.6 Å². The molecule has 0 saturated carbocycles. The van der Waals surface area contributed by atoms with Crippen LogP contribution in [0.2, 0.25) is 0 Å². The molecular formula is C6H15N3O3S. The molecule has 0 aromatic heterocycles. The molecule has 0 saturated heterocycles. The topological polar surface area (TPSA) is 96.0 Å². The van der Waals surface area contributed by atoms with Gasteiger partial charge in [0.15, 0.2) is 5.84 Å². The van der Waals surface area contributed by atoms with Crippen molar-refractivity contribution in [3.05, 3.63) is 0 Å². The summed E-state index contributed by atoms with van der Waals surface area (Å²) in [5.41, 5.74) is 5.16. The Balaban J connectivity index is 4.53. The minimum absolute atomic E-state index is 0.100. The van der Waals surface area contributed by atoms with Gasteiger partial charge < -0.3 is 10.9 Å². The van der Waals surface area contributed by atoms with Gasteiger partial charge in [0.2, 0.25) is 10.0 Å². The van der Waals surface area contributed by atoms with Gasteiger partial charge in [-0.1, -0.05) is 5.16 Å². The number of oxime groups is 1. The first-order valence-corrected chi connectivity index (χ1v) is 5.24. The molecule has 0 radical (unpaired) electrons. The highest BCUT2D eigenvalue weighted by Gasteiger charge is 2.22. The summed E-state index contributed by atoms with van der Waals surface area (Å²) in [6, 6.07) is 0. The van der Waals surface area contributed by atoms with Gasteiger partial charge in [-0.3, -0.25) is 0 Å². The van der Waals surface area contributed by atoms with Crippen molar-refractivity contribution in [1.82, 2.24) is 4.31 Å². The van der Waals surface area contributed by atoms with E-state index in [2.05, 4.69) is 5.16 Å². The van der Waals surface area contributed by atoms with Crippen LogP contribution in [0.4, 0.5) is 0 Å². The van der Waals surface area contributed by atoms with E-state index in [0.717, 1.165) is 4.31 Å². The molecule has 0 aromatic carbocycles. The van der Waals surface area contributed by atoms with Gasteiger partial charge >= 0.3 is 0 Å². The van der Waals surface area contributed by atoms with Crippen LogP contribution < -0.4 is 5.73 Å². The van der Waals surface area contributed by atoms with E-state index in [4.69, 9.17) is 10.9 Å². The first-order valence-electron chi connectivity index (χ1n) is 3.74. The number of amidine groups is 1. The van der Waals surface area contributed by atoms with Crippen molar-refractivity contribution < 1.29 is 13.6 Å². The third-order valence-corrected chi connectivity index (χ3v) is 3.73. The average molecular weight is 209 g/mol. The van der Waals surface area contributed by atoms with E-state index in [9.17, 15) is 8.42 Å². The third-order valence-electron chi connectivity index (χ3n) is 1.54. The van der Waals surface area contributed by atoms with E-state index < -0.39 is 15.3 Å². The van der Waals surface area contributed by atoms with Gasteiger partial charge in [0.1, 0.15) is 0 Å². The van der Waals surface area contributed by atoms with Gasteiger partial charge in [0.25, 0.3) is 0 Å². The fourth-order valence-electron chi connectivity index (χ4n) is 0.710. The van der Waals surface area contributed by atoms with Gasteiger partial charge in [-0.05, 0) is 13.8 Å². The van der Waals surface area contributed by atoms with Crippen LogP contribution >= 0.6 is 0 Å². The van der Waals surface area contributed by atoms with Crippen LogP contribution in [0.1, 0.15) is 13.8 Å². The Bertz CT molecular complexity index is 283. The van der Waals surface area contributed by atoms with Crippen LogP contribution in [-0.2, 0) is 10.0 Å². The Labute approximate surface area is 78.1 Å². The average Bonchev–Trinajstić information content (AvgIpc) is 2.03. The number of nitrogens with two attached hydrogens (primary N) is 1. The van der Waals surface area contributed by atoms with Crippen molar-refractivity contribution in [2.45, 2.75) is 19.1 Å². The minimum Gasteiger partial charge on any atom is -0.409 e. The molecule has 7 heteroatoms. The summed E-state index contributed by atoms with van der Waals surface area (Å²) >= 11 is 0. The zero-order valence-electron chi connectivity index (χ0n) is 7.93. The fraction of sp³-hybridized carbons (Fsp3) is 0.833. The molecule has 3 N–H and O–H groups in total. The quantitative estimate of drug-likeness (QED) is 0.280.